The molecule has 0 amide bonds. The van der Waals surface area contributed by atoms with Gasteiger partial charge in [-0.2, -0.15) is 0 Å². The first kappa shape index (κ1) is 12.0. The average molecular weight is 249 g/mol. The molecule has 2 N–H and O–H groups in total. The number of aromatic nitrogens is 2. The van der Waals surface area contributed by atoms with Crippen LogP contribution in [0.1, 0.15) is 12.2 Å². The van der Waals surface area contributed by atoms with Gasteiger partial charge in [0.05, 0.1) is 16.0 Å². The van der Waals surface area contributed by atoms with Crippen molar-refractivity contribution in [2.24, 2.45) is 5.73 Å². The molecule has 0 saturated carbocycles. The van der Waals surface area contributed by atoms with Crippen LogP contribution in [0, 0.1) is 0 Å². The molecular weight excluding hydrogens is 234 g/mol. The normalized spacial score (nSPS) is 10.9. The van der Waals surface area contributed by atoms with Crippen LogP contribution in [-0.2, 0) is 17.9 Å². The Morgan fingerprint density at radius 2 is 2.24 bits per heavy atom. The number of benzene rings is 1. The Morgan fingerprint density at radius 1 is 1.47 bits per heavy atom. The molecule has 0 aliphatic carbocycles. The lowest BCUT2D eigenvalue weighted by atomic mass is 10.3. The lowest BCUT2D eigenvalue weighted by Gasteiger charge is -2.07. The second-order valence-corrected chi connectivity index (χ2v) is 4.34. The molecule has 0 unspecified atom stereocenters. The van der Waals surface area contributed by atoms with Crippen molar-refractivity contribution in [3.05, 3.63) is 30.1 Å². The van der Waals surface area contributed by atoms with Gasteiger partial charge in [0.1, 0.15) is 12.4 Å². The molecule has 4 nitrogen and oxygen atoms in total. The van der Waals surface area contributed by atoms with Gasteiger partial charge in [-0.25, -0.2) is 4.98 Å². The molecule has 0 spiro atoms. The molecule has 0 radical (unpaired) electrons. The third-order valence-electron chi connectivity index (χ3n) is 2.59. The number of rotatable bonds is 5. The highest BCUT2D eigenvalue weighted by atomic mass is 32.1. The second kappa shape index (κ2) is 5.25. The van der Waals surface area contributed by atoms with Crippen molar-refractivity contribution in [2.45, 2.75) is 19.6 Å². The molecule has 2 aromatic rings. The summed E-state index contributed by atoms with van der Waals surface area (Å²) in [6, 6.07) is 8.01. The number of hydrogen-bond donors (Lipinski definition) is 1. The molecule has 5 heteroatoms. The van der Waals surface area contributed by atoms with Gasteiger partial charge in [-0.15, -0.1) is 0 Å². The SMILES string of the molecule is COCc1nc2ccccc2n1CCC(N)=S. The molecule has 2 rings (SSSR count). The van der Waals surface area contributed by atoms with Crippen molar-refractivity contribution in [1.29, 1.82) is 0 Å². The van der Waals surface area contributed by atoms with Crippen LogP contribution in [0.2, 0.25) is 0 Å². The van der Waals surface area contributed by atoms with E-state index in [9.17, 15) is 0 Å². The molecule has 0 aliphatic heterocycles. The van der Waals surface area contributed by atoms with Gasteiger partial charge in [0, 0.05) is 20.1 Å². The Bertz CT molecular complexity index is 536. The van der Waals surface area contributed by atoms with E-state index in [0.29, 0.717) is 18.0 Å². The number of para-hydroxylation sites is 2. The number of ether oxygens (including phenoxy) is 1. The number of thiocarbonyl (C=S) groups is 1. The van der Waals surface area contributed by atoms with Crippen LogP contribution in [0.5, 0.6) is 0 Å². The predicted molar refractivity (Wildman–Crippen MR) is 71.8 cm³/mol. The van der Waals surface area contributed by atoms with E-state index in [1.165, 1.54) is 0 Å². The molecule has 0 aliphatic rings. The molecule has 17 heavy (non-hydrogen) atoms. The molecule has 0 saturated heterocycles. The average Bonchev–Trinajstić information content (AvgIpc) is 2.64. The second-order valence-electron chi connectivity index (χ2n) is 3.82. The third-order valence-corrected chi connectivity index (χ3v) is 2.79. The van der Waals surface area contributed by atoms with Crippen LogP contribution in [0.4, 0.5) is 0 Å². The maximum atomic E-state index is 5.54. The summed E-state index contributed by atoms with van der Waals surface area (Å²) < 4.78 is 7.27. The van der Waals surface area contributed by atoms with Gasteiger partial charge in [0.2, 0.25) is 0 Å². The van der Waals surface area contributed by atoms with Crippen LogP contribution >= 0.6 is 12.2 Å². The summed E-state index contributed by atoms with van der Waals surface area (Å²) in [5.41, 5.74) is 7.61. The van der Waals surface area contributed by atoms with Crippen LogP contribution in [0.15, 0.2) is 24.3 Å². The maximum Gasteiger partial charge on any atom is 0.135 e. The zero-order chi connectivity index (χ0) is 12.3. The summed E-state index contributed by atoms with van der Waals surface area (Å²) in [5.74, 6) is 0.907. The number of hydrogen-bond acceptors (Lipinski definition) is 3. The summed E-state index contributed by atoms with van der Waals surface area (Å²) in [6.45, 7) is 1.24. The Labute approximate surface area is 105 Å². The van der Waals surface area contributed by atoms with Gasteiger partial charge in [-0.05, 0) is 12.1 Å². The van der Waals surface area contributed by atoms with E-state index in [0.717, 1.165) is 23.4 Å². The topological polar surface area (TPSA) is 53.1 Å². The van der Waals surface area contributed by atoms with Gasteiger partial charge in [0.25, 0.3) is 0 Å². The van der Waals surface area contributed by atoms with Crippen molar-refractivity contribution in [3.63, 3.8) is 0 Å². The number of methoxy groups -OCH3 is 1. The molecule has 1 aromatic carbocycles. The fraction of sp³-hybridized carbons (Fsp3) is 0.333. The summed E-state index contributed by atoms with van der Waals surface area (Å²) in [4.78, 5) is 5.05. The minimum atomic E-state index is 0.492. The zero-order valence-electron chi connectivity index (χ0n) is 9.72. The summed E-state index contributed by atoms with van der Waals surface area (Å²) in [6.07, 6.45) is 0.673. The van der Waals surface area contributed by atoms with Crippen LogP contribution in [0.3, 0.4) is 0 Å². The van der Waals surface area contributed by atoms with E-state index in [4.69, 9.17) is 22.7 Å². The van der Waals surface area contributed by atoms with E-state index >= 15 is 0 Å². The molecular formula is C12H15N3OS. The molecule has 0 atom stereocenters. The molecule has 1 heterocycles. The van der Waals surface area contributed by atoms with Crippen LogP contribution in [0.25, 0.3) is 11.0 Å². The van der Waals surface area contributed by atoms with E-state index in [1.807, 2.05) is 24.3 Å². The summed E-state index contributed by atoms with van der Waals surface area (Å²) in [7, 11) is 1.66. The molecule has 90 valence electrons. The highest BCUT2D eigenvalue weighted by molar-refractivity contribution is 7.80. The largest absolute Gasteiger partial charge is 0.393 e. The molecule has 1 aromatic heterocycles. The first-order valence-electron chi connectivity index (χ1n) is 5.43. The van der Waals surface area contributed by atoms with Crippen molar-refractivity contribution in [1.82, 2.24) is 9.55 Å². The lowest BCUT2D eigenvalue weighted by molar-refractivity contribution is 0.175. The zero-order valence-corrected chi connectivity index (χ0v) is 10.5. The van der Waals surface area contributed by atoms with E-state index < -0.39 is 0 Å². The monoisotopic (exact) mass is 249 g/mol. The van der Waals surface area contributed by atoms with Gasteiger partial charge in [-0.3, -0.25) is 0 Å². The number of nitrogens with zero attached hydrogens (tertiary/aromatic N) is 2. The summed E-state index contributed by atoms with van der Waals surface area (Å²) in [5, 5.41) is 0. The smallest absolute Gasteiger partial charge is 0.135 e. The van der Waals surface area contributed by atoms with E-state index in [-0.39, 0.29) is 0 Å². The van der Waals surface area contributed by atoms with Gasteiger partial charge < -0.3 is 15.0 Å². The van der Waals surface area contributed by atoms with Gasteiger partial charge in [0.15, 0.2) is 0 Å². The van der Waals surface area contributed by atoms with Gasteiger partial charge in [-0.1, -0.05) is 24.4 Å². The fourth-order valence-corrected chi connectivity index (χ4v) is 1.93. The minimum absolute atomic E-state index is 0.492. The van der Waals surface area contributed by atoms with Crippen molar-refractivity contribution >= 4 is 28.2 Å². The van der Waals surface area contributed by atoms with Gasteiger partial charge >= 0.3 is 0 Å². The van der Waals surface area contributed by atoms with E-state index in [2.05, 4.69) is 9.55 Å². The number of nitrogens with two attached hydrogens (primary N) is 1. The van der Waals surface area contributed by atoms with Crippen molar-refractivity contribution in [3.8, 4) is 0 Å². The van der Waals surface area contributed by atoms with E-state index in [1.54, 1.807) is 7.11 Å². The first-order chi connectivity index (χ1) is 8.22. The Morgan fingerprint density at radius 3 is 2.94 bits per heavy atom. The number of fused-ring (bicyclic) bond motifs is 1. The Hall–Kier alpha value is -1.46. The molecule has 0 fully saturated rings. The van der Waals surface area contributed by atoms with Crippen LogP contribution in [-0.4, -0.2) is 21.6 Å². The lowest BCUT2D eigenvalue weighted by Crippen LogP contribution is -2.13. The highest BCUT2D eigenvalue weighted by Gasteiger charge is 2.09. The highest BCUT2D eigenvalue weighted by Crippen LogP contribution is 2.17. The van der Waals surface area contributed by atoms with Crippen molar-refractivity contribution in [2.75, 3.05) is 7.11 Å². The maximum absolute atomic E-state index is 5.54. The molecule has 0 bridgehead atoms. The standard InChI is InChI=1S/C12H15N3OS/c1-16-8-12-14-9-4-2-3-5-10(9)15(12)7-6-11(13)17/h2-5H,6-8H2,1H3,(H2,13,17). The third kappa shape index (κ3) is 2.62. The quantitative estimate of drug-likeness (QED) is 0.822. The number of aryl methyl sites for hydroxylation is 1. The van der Waals surface area contributed by atoms with Crippen molar-refractivity contribution < 1.29 is 4.74 Å². The fourth-order valence-electron chi connectivity index (χ4n) is 1.84. The van der Waals surface area contributed by atoms with Crippen LogP contribution < -0.4 is 5.73 Å². The Kier molecular flexibility index (Phi) is 3.71. The Balaban J connectivity index is 2.40. The minimum Gasteiger partial charge on any atom is -0.393 e. The summed E-state index contributed by atoms with van der Waals surface area (Å²) >= 11 is 4.91. The number of imidazole rings is 1. The first-order valence-corrected chi connectivity index (χ1v) is 5.84. The predicted octanol–water partition coefficient (Wildman–Crippen LogP) is 1.86.